The van der Waals surface area contributed by atoms with E-state index < -0.39 is 21.7 Å². The molecule has 0 bridgehead atoms. The molecule has 2 aromatic heterocycles. The maximum atomic E-state index is 14.4. The van der Waals surface area contributed by atoms with Crippen LogP contribution in [0.25, 0.3) is 17.2 Å². The molecule has 10 heteroatoms. The van der Waals surface area contributed by atoms with Crippen LogP contribution < -0.4 is 9.62 Å². The third-order valence-corrected chi connectivity index (χ3v) is 6.45. The number of carbonyl (C=O) groups excluding carboxylic acids is 1. The van der Waals surface area contributed by atoms with Gasteiger partial charge in [0.25, 0.3) is 10.0 Å². The molecule has 0 aliphatic carbocycles. The monoisotopic (exact) mass is 416 g/mol. The lowest BCUT2D eigenvalue weighted by Gasteiger charge is -2.33. The number of nitrogens with zero attached hydrogens (tertiary/aromatic N) is 3. The molecule has 0 atom stereocenters. The molecule has 0 saturated carbocycles. The van der Waals surface area contributed by atoms with E-state index in [1.165, 1.54) is 22.9 Å². The number of fused-ring (bicyclic) bond motifs is 2. The highest BCUT2D eigenvalue weighted by molar-refractivity contribution is 7.90. The van der Waals surface area contributed by atoms with Gasteiger partial charge >= 0.3 is 5.91 Å². The van der Waals surface area contributed by atoms with Crippen molar-refractivity contribution in [3.8, 4) is 0 Å². The van der Waals surface area contributed by atoms with Crippen molar-refractivity contribution in [3.63, 3.8) is 0 Å². The van der Waals surface area contributed by atoms with Crippen molar-refractivity contribution in [1.29, 1.82) is 0 Å². The van der Waals surface area contributed by atoms with E-state index in [0.717, 1.165) is 25.9 Å². The summed E-state index contributed by atoms with van der Waals surface area (Å²) in [6.45, 7) is 1.67. The average Bonchev–Trinajstić information content (AvgIpc) is 3.24. The van der Waals surface area contributed by atoms with Crippen LogP contribution in [0.2, 0.25) is 0 Å². The van der Waals surface area contributed by atoms with Crippen LogP contribution in [0.4, 0.5) is 10.1 Å². The molecule has 4 heterocycles. The number of aryl methyl sites for hydroxylation is 1. The summed E-state index contributed by atoms with van der Waals surface area (Å²) in [7, 11) is -4.18. The third kappa shape index (κ3) is 3.00. The fourth-order valence-corrected chi connectivity index (χ4v) is 4.56. The first-order valence-electron chi connectivity index (χ1n) is 9.20. The Hall–Kier alpha value is -3.14. The summed E-state index contributed by atoms with van der Waals surface area (Å²) < 4.78 is 48.7. The number of furan rings is 1. The first kappa shape index (κ1) is 17.9. The largest absolute Gasteiger partial charge is 0.451 e. The summed E-state index contributed by atoms with van der Waals surface area (Å²) in [4.78, 5) is 18.6. The normalized spacial score (nSPS) is 16.0. The number of hydrogen-bond donors (Lipinski definition) is 1. The molecule has 0 unspecified atom stereocenters. The van der Waals surface area contributed by atoms with Gasteiger partial charge in [0.1, 0.15) is 17.2 Å². The summed E-state index contributed by atoms with van der Waals surface area (Å²) in [5.74, 6) is -1.17. The number of benzene rings is 1. The molecule has 8 nitrogen and oxygen atoms in total. The summed E-state index contributed by atoms with van der Waals surface area (Å²) in [5.41, 5.74) is 0.868. The SMILES string of the molecule is O=C(NS(=O)(=O)c1cnc2n1C=CCC2)c1cc2c(F)cc(N3CCC3)cc2o1. The first-order chi connectivity index (χ1) is 13.9. The van der Waals surface area contributed by atoms with Crippen molar-refractivity contribution in [1.82, 2.24) is 14.3 Å². The van der Waals surface area contributed by atoms with Gasteiger partial charge in [-0.3, -0.25) is 9.36 Å². The maximum absolute atomic E-state index is 14.4. The number of carbonyl (C=O) groups is 1. The Morgan fingerprint density at radius 1 is 1.24 bits per heavy atom. The van der Waals surface area contributed by atoms with Crippen LogP contribution in [-0.2, 0) is 16.4 Å². The Labute approximate surface area is 165 Å². The topological polar surface area (TPSA) is 97.4 Å². The zero-order valence-electron chi connectivity index (χ0n) is 15.3. The quantitative estimate of drug-likeness (QED) is 0.702. The highest BCUT2D eigenvalue weighted by Crippen LogP contribution is 2.30. The van der Waals surface area contributed by atoms with Gasteiger partial charge < -0.3 is 9.32 Å². The molecule has 2 aliphatic rings. The molecule has 0 radical (unpaired) electrons. The number of imidazole rings is 1. The maximum Gasteiger partial charge on any atom is 0.300 e. The van der Waals surface area contributed by atoms with Crippen LogP contribution in [-0.4, -0.2) is 37.0 Å². The molecule has 1 amide bonds. The van der Waals surface area contributed by atoms with Gasteiger partial charge in [-0.2, -0.15) is 8.42 Å². The summed E-state index contributed by atoms with van der Waals surface area (Å²) in [6, 6.07) is 4.25. The lowest BCUT2D eigenvalue weighted by atomic mass is 10.1. The minimum absolute atomic E-state index is 0.126. The van der Waals surface area contributed by atoms with Crippen LogP contribution in [0.1, 0.15) is 29.2 Å². The van der Waals surface area contributed by atoms with E-state index in [1.54, 1.807) is 12.3 Å². The molecule has 0 spiro atoms. The van der Waals surface area contributed by atoms with Crippen molar-refractivity contribution in [2.75, 3.05) is 18.0 Å². The van der Waals surface area contributed by atoms with Crippen molar-refractivity contribution in [3.05, 3.63) is 47.9 Å². The predicted octanol–water partition coefficient (Wildman–Crippen LogP) is 2.51. The third-order valence-electron chi connectivity index (χ3n) is 5.15. The van der Waals surface area contributed by atoms with E-state index in [1.807, 2.05) is 15.7 Å². The molecule has 3 aromatic rings. The Kier molecular flexibility index (Phi) is 3.98. The number of rotatable bonds is 4. The minimum atomic E-state index is -4.18. The van der Waals surface area contributed by atoms with Crippen molar-refractivity contribution >= 4 is 38.8 Å². The molecule has 150 valence electrons. The molecule has 2 aliphatic heterocycles. The molecular formula is C19H17FN4O4S. The number of aromatic nitrogens is 2. The zero-order chi connectivity index (χ0) is 20.2. The van der Waals surface area contributed by atoms with Gasteiger partial charge in [-0.25, -0.2) is 14.1 Å². The summed E-state index contributed by atoms with van der Waals surface area (Å²) >= 11 is 0. The number of nitrogens with one attached hydrogen (secondary N) is 1. The predicted molar refractivity (Wildman–Crippen MR) is 104 cm³/mol. The summed E-state index contributed by atoms with van der Waals surface area (Å²) in [6.07, 6.45) is 7.07. The molecule has 5 rings (SSSR count). The fourth-order valence-electron chi connectivity index (χ4n) is 3.49. The Bertz CT molecular complexity index is 1270. The molecule has 1 fully saturated rings. The molecule has 1 N–H and O–H groups in total. The number of amides is 1. The van der Waals surface area contributed by atoms with Crippen LogP contribution in [0.3, 0.4) is 0 Å². The van der Waals surface area contributed by atoms with Gasteiger partial charge in [0.05, 0.1) is 11.6 Å². The lowest BCUT2D eigenvalue weighted by molar-refractivity contribution is 0.0956. The van der Waals surface area contributed by atoms with Gasteiger partial charge in [-0.15, -0.1) is 0 Å². The molecule has 1 saturated heterocycles. The second kappa shape index (κ2) is 6.45. The van der Waals surface area contributed by atoms with Gasteiger partial charge in [0.15, 0.2) is 10.8 Å². The van der Waals surface area contributed by atoms with E-state index in [9.17, 15) is 17.6 Å². The first-order valence-corrected chi connectivity index (χ1v) is 10.7. The van der Waals surface area contributed by atoms with E-state index in [0.29, 0.717) is 17.9 Å². The number of sulfonamides is 1. The van der Waals surface area contributed by atoms with Gasteiger partial charge in [-0.1, -0.05) is 6.08 Å². The van der Waals surface area contributed by atoms with Crippen molar-refractivity contribution in [2.45, 2.75) is 24.3 Å². The Morgan fingerprint density at radius 2 is 2.07 bits per heavy atom. The number of allylic oxidation sites excluding steroid dienone is 1. The second-order valence-corrected chi connectivity index (χ2v) is 8.66. The zero-order valence-corrected chi connectivity index (χ0v) is 16.1. The highest BCUT2D eigenvalue weighted by atomic mass is 32.2. The second-order valence-electron chi connectivity index (χ2n) is 7.03. The van der Waals surface area contributed by atoms with Crippen LogP contribution in [0, 0.1) is 5.82 Å². The Morgan fingerprint density at radius 3 is 2.83 bits per heavy atom. The minimum Gasteiger partial charge on any atom is -0.451 e. The van der Waals surface area contributed by atoms with Gasteiger partial charge in [0, 0.05) is 43.5 Å². The molecular weight excluding hydrogens is 399 g/mol. The number of hydrogen-bond acceptors (Lipinski definition) is 6. The van der Waals surface area contributed by atoms with Crippen molar-refractivity contribution < 1.29 is 22.0 Å². The van der Waals surface area contributed by atoms with E-state index in [2.05, 4.69) is 4.98 Å². The van der Waals surface area contributed by atoms with Crippen LogP contribution in [0.5, 0.6) is 0 Å². The fraction of sp³-hybridized carbons (Fsp3) is 0.263. The standard InChI is InChI=1S/C19H17FN4O4S/c20-14-8-12(23-5-3-6-23)9-15-13(14)10-16(28-15)19(25)22-29(26,27)18-11-21-17-4-1-2-7-24(17)18/h2,7-11H,1,3-6H2,(H,22,25). The molecule has 29 heavy (non-hydrogen) atoms. The van der Waals surface area contributed by atoms with Crippen LogP contribution in [0.15, 0.2) is 39.9 Å². The smallest absolute Gasteiger partial charge is 0.300 e. The highest BCUT2D eigenvalue weighted by Gasteiger charge is 2.27. The van der Waals surface area contributed by atoms with E-state index >= 15 is 0 Å². The van der Waals surface area contributed by atoms with Crippen LogP contribution >= 0.6 is 0 Å². The average molecular weight is 416 g/mol. The summed E-state index contributed by atoms with van der Waals surface area (Å²) in [5, 5.41) is -0.0133. The van der Waals surface area contributed by atoms with Gasteiger partial charge in [0.2, 0.25) is 0 Å². The number of halogens is 1. The van der Waals surface area contributed by atoms with Gasteiger partial charge in [-0.05, 0) is 18.9 Å². The molecule has 1 aromatic carbocycles. The van der Waals surface area contributed by atoms with E-state index in [-0.39, 0.29) is 21.8 Å². The number of anilines is 1. The Balaban J connectivity index is 1.45. The van der Waals surface area contributed by atoms with E-state index in [4.69, 9.17) is 4.42 Å². The lowest BCUT2D eigenvalue weighted by Crippen LogP contribution is -2.36. The van der Waals surface area contributed by atoms with Crippen molar-refractivity contribution in [2.24, 2.45) is 0 Å².